The molecule has 1 aliphatic rings. The number of hydrogen-bond donors (Lipinski definition) is 1. The Morgan fingerprint density at radius 2 is 1.95 bits per heavy atom. The standard InChI is InChI=1S/C15H19BrN2O2/c1-8(2)13-14(19)17-10(4)15(20)18(13)11-5-6-12(16)9(3)7-11/h5-8,10,13H,1-4H3,(H,17,19). The highest BCUT2D eigenvalue weighted by Gasteiger charge is 2.41. The van der Waals surface area contributed by atoms with Crippen LogP contribution in [-0.2, 0) is 9.59 Å². The fourth-order valence-corrected chi connectivity index (χ4v) is 2.74. The van der Waals surface area contributed by atoms with Crippen molar-refractivity contribution in [2.45, 2.75) is 39.8 Å². The van der Waals surface area contributed by atoms with Crippen LogP contribution < -0.4 is 10.2 Å². The maximum Gasteiger partial charge on any atom is 0.250 e. The molecule has 2 unspecified atom stereocenters. The van der Waals surface area contributed by atoms with E-state index in [1.807, 2.05) is 39.0 Å². The molecule has 0 radical (unpaired) electrons. The molecule has 1 fully saturated rings. The first kappa shape index (κ1) is 15.0. The van der Waals surface area contributed by atoms with Crippen LogP contribution in [-0.4, -0.2) is 23.9 Å². The quantitative estimate of drug-likeness (QED) is 0.901. The Bertz CT molecular complexity index is 557. The number of rotatable bonds is 2. The second-order valence-corrected chi connectivity index (χ2v) is 6.42. The highest BCUT2D eigenvalue weighted by Crippen LogP contribution is 2.28. The Hall–Kier alpha value is -1.36. The van der Waals surface area contributed by atoms with E-state index in [1.54, 1.807) is 11.8 Å². The predicted octanol–water partition coefficient (Wildman–Crippen LogP) is 2.63. The van der Waals surface area contributed by atoms with Gasteiger partial charge in [-0.15, -0.1) is 0 Å². The Morgan fingerprint density at radius 1 is 1.30 bits per heavy atom. The Morgan fingerprint density at radius 3 is 2.50 bits per heavy atom. The van der Waals surface area contributed by atoms with Crippen LogP contribution in [0.5, 0.6) is 0 Å². The molecule has 5 heteroatoms. The molecule has 4 nitrogen and oxygen atoms in total. The molecule has 0 bridgehead atoms. The van der Waals surface area contributed by atoms with Crippen molar-refractivity contribution >= 4 is 33.4 Å². The number of nitrogens with one attached hydrogen (secondary N) is 1. The Balaban J connectivity index is 2.49. The van der Waals surface area contributed by atoms with Gasteiger partial charge in [0.15, 0.2) is 0 Å². The summed E-state index contributed by atoms with van der Waals surface area (Å²) < 4.78 is 0.990. The van der Waals surface area contributed by atoms with Gasteiger partial charge < -0.3 is 5.32 Å². The van der Waals surface area contributed by atoms with Gasteiger partial charge in [0.1, 0.15) is 12.1 Å². The maximum absolute atomic E-state index is 12.5. The first-order valence-corrected chi connectivity index (χ1v) is 7.52. The summed E-state index contributed by atoms with van der Waals surface area (Å²) in [6, 6.07) is 4.77. The summed E-state index contributed by atoms with van der Waals surface area (Å²) in [4.78, 5) is 26.3. The van der Waals surface area contributed by atoms with Gasteiger partial charge in [0.2, 0.25) is 11.8 Å². The van der Waals surface area contributed by atoms with Gasteiger partial charge >= 0.3 is 0 Å². The average molecular weight is 339 g/mol. The minimum atomic E-state index is -0.485. The van der Waals surface area contributed by atoms with Crippen LogP contribution in [0.1, 0.15) is 26.3 Å². The zero-order valence-corrected chi connectivity index (χ0v) is 13.7. The van der Waals surface area contributed by atoms with Crippen molar-refractivity contribution in [2.24, 2.45) is 5.92 Å². The third-order valence-electron chi connectivity index (χ3n) is 3.56. The molecule has 2 amide bonds. The number of benzene rings is 1. The van der Waals surface area contributed by atoms with E-state index >= 15 is 0 Å². The number of carbonyl (C=O) groups is 2. The zero-order chi connectivity index (χ0) is 15.0. The summed E-state index contributed by atoms with van der Waals surface area (Å²) in [5.74, 6) is -0.104. The second kappa shape index (κ2) is 5.56. The monoisotopic (exact) mass is 338 g/mol. The van der Waals surface area contributed by atoms with E-state index in [1.165, 1.54) is 0 Å². The summed E-state index contributed by atoms with van der Waals surface area (Å²) >= 11 is 3.45. The Kier molecular flexibility index (Phi) is 4.18. The summed E-state index contributed by atoms with van der Waals surface area (Å²) in [6.07, 6.45) is 0. The third kappa shape index (κ3) is 2.59. The molecule has 1 saturated heterocycles. The van der Waals surface area contributed by atoms with Gasteiger partial charge in [0, 0.05) is 10.2 Å². The van der Waals surface area contributed by atoms with E-state index in [0.717, 1.165) is 15.7 Å². The number of anilines is 1. The number of piperazine rings is 1. The summed E-state index contributed by atoms with van der Waals surface area (Å²) in [7, 11) is 0. The largest absolute Gasteiger partial charge is 0.343 e. The van der Waals surface area contributed by atoms with Crippen molar-refractivity contribution in [1.29, 1.82) is 0 Å². The SMILES string of the molecule is Cc1cc(N2C(=O)C(C)NC(=O)C2C(C)C)ccc1Br. The van der Waals surface area contributed by atoms with Crippen molar-refractivity contribution < 1.29 is 9.59 Å². The first-order chi connectivity index (χ1) is 9.32. The minimum Gasteiger partial charge on any atom is -0.343 e. The molecule has 0 aromatic heterocycles. The highest BCUT2D eigenvalue weighted by atomic mass is 79.9. The summed E-state index contributed by atoms with van der Waals surface area (Å²) in [6.45, 7) is 7.59. The van der Waals surface area contributed by atoms with Crippen LogP contribution in [0.3, 0.4) is 0 Å². The number of aryl methyl sites for hydroxylation is 1. The zero-order valence-electron chi connectivity index (χ0n) is 12.1. The number of nitrogens with zero attached hydrogens (tertiary/aromatic N) is 1. The molecule has 2 atom stereocenters. The molecule has 108 valence electrons. The van der Waals surface area contributed by atoms with Crippen molar-refractivity contribution in [3.8, 4) is 0 Å². The molecule has 0 spiro atoms. The van der Waals surface area contributed by atoms with E-state index < -0.39 is 12.1 Å². The van der Waals surface area contributed by atoms with Crippen molar-refractivity contribution in [2.75, 3.05) is 4.90 Å². The molecule has 1 heterocycles. The normalized spacial score (nSPS) is 23.2. The van der Waals surface area contributed by atoms with Crippen LogP contribution in [0.15, 0.2) is 22.7 Å². The molecular formula is C15H19BrN2O2. The molecule has 0 aliphatic carbocycles. The van der Waals surface area contributed by atoms with E-state index in [-0.39, 0.29) is 17.7 Å². The smallest absolute Gasteiger partial charge is 0.250 e. The van der Waals surface area contributed by atoms with Gasteiger partial charge in [-0.1, -0.05) is 29.8 Å². The topological polar surface area (TPSA) is 49.4 Å². The number of halogens is 1. The number of carbonyl (C=O) groups excluding carboxylic acids is 2. The molecular weight excluding hydrogens is 320 g/mol. The molecule has 1 aliphatic heterocycles. The van der Waals surface area contributed by atoms with Gasteiger partial charge in [-0.3, -0.25) is 14.5 Å². The maximum atomic E-state index is 12.5. The molecule has 1 N–H and O–H groups in total. The van der Waals surface area contributed by atoms with Gasteiger partial charge in [-0.25, -0.2) is 0 Å². The number of amides is 2. The van der Waals surface area contributed by atoms with Crippen molar-refractivity contribution in [3.05, 3.63) is 28.2 Å². The van der Waals surface area contributed by atoms with E-state index in [2.05, 4.69) is 21.2 Å². The lowest BCUT2D eigenvalue weighted by molar-refractivity contribution is -0.134. The molecule has 2 rings (SSSR count). The van der Waals surface area contributed by atoms with Gasteiger partial charge in [0.25, 0.3) is 0 Å². The molecule has 1 aromatic rings. The van der Waals surface area contributed by atoms with Gasteiger partial charge in [0.05, 0.1) is 0 Å². The first-order valence-electron chi connectivity index (χ1n) is 6.72. The van der Waals surface area contributed by atoms with Crippen LogP contribution in [0.4, 0.5) is 5.69 Å². The lowest BCUT2D eigenvalue weighted by Gasteiger charge is -2.40. The van der Waals surface area contributed by atoms with Crippen LogP contribution >= 0.6 is 15.9 Å². The summed E-state index contributed by atoms with van der Waals surface area (Å²) in [5, 5.41) is 2.75. The molecule has 0 saturated carbocycles. The Labute approximate surface area is 127 Å². The van der Waals surface area contributed by atoms with E-state index in [4.69, 9.17) is 0 Å². The van der Waals surface area contributed by atoms with Crippen molar-refractivity contribution in [1.82, 2.24) is 5.32 Å². The number of hydrogen-bond acceptors (Lipinski definition) is 2. The van der Waals surface area contributed by atoms with Crippen LogP contribution in [0.25, 0.3) is 0 Å². The van der Waals surface area contributed by atoms with Gasteiger partial charge in [-0.2, -0.15) is 0 Å². The van der Waals surface area contributed by atoms with Gasteiger partial charge in [-0.05, 0) is 43.5 Å². The fourth-order valence-electron chi connectivity index (χ4n) is 2.49. The lowest BCUT2D eigenvalue weighted by Crippen LogP contribution is -2.64. The average Bonchev–Trinajstić information content (AvgIpc) is 2.36. The van der Waals surface area contributed by atoms with Crippen LogP contribution in [0.2, 0.25) is 0 Å². The van der Waals surface area contributed by atoms with Crippen LogP contribution in [0, 0.1) is 12.8 Å². The minimum absolute atomic E-state index is 0.0513. The summed E-state index contributed by atoms with van der Waals surface area (Å²) in [5.41, 5.74) is 1.81. The predicted molar refractivity (Wildman–Crippen MR) is 82.6 cm³/mol. The van der Waals surface area contributed by atoms with Crippen molar-refractivity contribution in [3.63, 3.8) is 0 Å². The molecule has 20 heavy (non-hydrogen) atoms. The highest BCUT2D eigenvalue weighted by molar-refractivity contribution is 9.10. The lowest BCUT2D eigenvalue weighted by atomic mass is 9.96. The second-order valence-electron chi connectivity index (χ2n) is 5.56. The molecule has 1 aromatic carbocycles. The van der Waals surface area contributed by atoms with E-state index in [0.29, 0.717) is 0 Å². The fraction of sp³-hybridized carbons (Fsp3) is 0.467. The third-order valence-corrected chi connectivity index (χ3v) is 4.45. The van der Waals surface area contributed by atoms with E-state index in [9.17, 15) is 9.59 Å².